The van der Waals surface area contributed by atoms with Crippen molar-refractivity contribution in [2.75, 3.05) is 20.7 Å². The summed E-state index contributed by atoms with van der Waals surface area (Å²) in [6, 6.07) is -0.200. The van der Waals surface area contributed by atoms with Crippen molar-refractivity contribution in [1.29, 1.82) is 0 Å². The number of hydrogen-bond acceptors (Lipinski definition) is 5. The van der Waals surface area contributed by atoms with Gasteiger partial charge in [0.2, 0.25) is 5.88 Å². The van der Waals surface area contributed by atoms with E-state index in [2.05, 4.69) is 15.7 Å². The summed E-state index contributed by atoms with van der Waals surface area (Å²) in [5.74, 6) is 1.39. The maximum Gasteiger partial charge on any atom is 0.317 e. The van der Waals surface area contributed by atoms with Crippen LogP contribution in [0.5, 0.6) is 5.88 Å². The molecule has 9 heteroatoms. The van der Waals surface area contributed by atoms with Gasteiger partial charge in [-0.1, -0.05) is 13.8 Å². The zero-order chi connectivity index (χ0) is 25.6. The number of amides is 3. The number of nitrogens with one attached hydrogen (secondary N) is 2. The minimum atomic E-state index is -0.649. The molecule has 194 valence electrons. The minimum absolute atomic E-state index is 0.200. The van der Waals surface area contributed by atoms with Crippen molar-refractivity contribution in [3.8, 4) is 5.88 Å². The van der Waals surface area contributed by atoms with E-state index in [4.69, 9.17) is 4.74 Å². The van der Waals surface area contributed by atoms with Gasteiger partial charge in [-0.15, -0.1) is 0 Å². The maximum absolute atomic E-state index is 13.5. The highest BCUT2D eigenvalue weighted by molar-refractivity contribution is 5.97. The average molecular weight is 488 g/mol. The van der Waals surface area contributed by atoms with Crippen LogP contribution in [0.3, 0.4) is 0 Å². The predicted octanol–water partition coefficient (Wildman–Crippen LogP) is 3.25. The monoisotopic (exact) mass is 487 g/mol. The summed E-state index contributed by atoms with van der Waals surface area (Å²) in [5.41, 5.74) is -1.27. The Kier molecular flexibility index (Phi) is 6.68. The summed E-state index contributed by atoms with van der Waals surface area (Å²) >= 11 is 0. The van der Waals surface area contributed by atoms with Crippen molar-refractivity contribution < 1.29 is 19.4 Å². The number of carbonyl (C=O) groups is 2. The van der Waals surface area contributed by atoms with Gasteiger partial charge < -0.3 is 25.4 Å². The van der Waals surface area contributed by atoms with Crippen LogP contribution in [0.1, 0.15) is 76.6 Å². The highest BCUT2D eigenvalue weighted by Gasteiger charge is 2.57. The lowest BCUT2D eigenvalue weighted by Gasteiger charge is -2.60. The van der Waals surface area contributed by atoms with Gasteiger partial charge in [-0.3, -0.25) is 4.79 Å². The molecule has 0 aromatic carbocycles. The molecule has 1 aromatic heterocycles. The Morgan fingerprint density at radius 2 is 1.94 bits per heavy atom. The molecule has 5 rings (SSSR count). The molecule has 1 heterocycles. The summed E-state index contributed by atoms with van der Waals surface area (Å²) < 4.78 is 7.61. The van der Waals surface area contributed by atoms with Crippen molar-refractivity contribution in [3.05, 3.63) is 17.8 Å². The molecule has 4 saturated carbocycles. The topological polar surface area (TPSA) is 109 Å². The van der Waals surface area contributed by atoms with Crippen LogP contribution in [0.2, 0.25) is 0 Å². The molecule has 4 aliphatic rings. The van der Waals surface area contributed by atoms with Gasteiger partial charge in [0.1, 0.15) is 5.56 Å². The number of carbonyl (C=O) groups excluding carboxylic acids is 2. The third-order valence-corrected chi connectivity index (χ3v) is 7.42. The molecule has 0 radical (unpaired) electrons. The second kappa shape index (κ2) is 9.15. The Hall–Kier alpha value is -2.55. The highest BCUT2D eigenvalue weighted by Crippen LogP contribution is 2.57. The molecule has 2 atom stereocenters. The molecule has 0 saturated heterocycles. The predicted molar refractivity (Wildman–Crippen MR) is 134 cm³/mol. The third-order valence-electron chi connectivity index (χ3n) is 7.42. The van der Waals surface area contributed by atoms with Crippen molar-refractivity contribution >= 4 is 18.1 Å². The summed E-state index contributed by atoms with van der Waals surface area (Å²) in [7, 11) is 3.38. The van der Waals surface area contributed by atoms with Gasteiger partial charge in [0.05, 0.1) is 23.9 Å². The number of hydrogen-bond donors (Lipinski definition) is 3. The first kappa shape index (κ1) is 25.5. The van der Waals surface area contributed by atoms with E-state index in [-0.39, 0.29) is 23.4 Å². The van der Waals surface area contributed by atoms with E-state index < -0.39 is 11.1 Å². The van der Waals surface area contributed by atoms with Gasteiger partial charge in [0, 0.05) is 25.8 Å². The second-order valence-electron chi connectivity index (χ2n) is 12.3. The lowest BCUT2D eigenvalue weighted by Crippen LogP contribution is -2.65. The lowest BCUT2D eigenvalue weighted by molar-refractivity contribution is -0.139. The molecule has 0 aliphatic heterocycles. The van der Waals surface area contributed by atoms with Crippen molar-refractivity contribution in [2.45, 2.75) is 82.9 Å². The van der Waals surface area contributed by atoms with E-state index in [1.807, 2.05) is 33.8 Å². The summed E-state index contributed by atoms with van der Waals surface area (Å²) in [6.45, 7) is 8.30. The van der Waals surface area contributed by atoms with Gasteiger partial charge in [-0.2, -0.15) is 5.10 Å². The molecular formula is C26H41N5O4. The van der Waals surface area contributed by atoms with Gasteiger partial charge in [-0.05, 0) is 76.2 Å². The zero-order valence-electron chi connectivity index (χ0n) is 21.9. The van der Waals surface area contributed by atoms with Crippen LogP contribution >= 0.6 is 0 Å². The number of aromatic nitrogens is 2. The molecular weight excluding hydrogens is 446 g/mol. The number of aliphatic hydroxyl groups is 1. The summed E-state index contributed by atoms with van der Waals surface area (Å²) in [6.07, 6.45) is 10.4. The molecule has 4 bridgehead atoms. The number of rotatable bonds is 8. The molecule has 1 aromatic rings. The Morgan fingerprint density at radius 1 is 1.29 bits per heavy atom. The SMILES string of the molecule is CC(C)COc1c(C(=O)NC23CC4CC(CC(O)(C4)C2)C3)cnn1/C=C/C(C)(C)NC(=O)N(C)C. The summed E-state index contributed by atoms with van der Waals surface area (Å²) in [5, 5.41) is 21.7. The quantitative estimate of drug-likeness (QED) is 0.522. The summed E-state index contributed by atoms with van der Waals surface area (Å²) in [4.78, 5) is 27.1. The van der Waals surface area contributed by atoms with Crippen LogP contribution in [0.4, 0.5) is 4.79 Å². The minimum Gasteiger partial charge on any atom is -0.477 e. The van der Waals surface area contributed by atoms with Gasteiger partial charge in [0.25, 0.3) is 5.91 Å². The smallest absolute Gasteiger partial charge is 0.317 e. The molecule has 35 heavy (non-hydrogen) atoms. The fraction of sp³-hybridized carbons (Fsp3) is 0.731. The molecule has 4 aliphatic carbocycles. The standard InChI is InChI=1S/C26H41N5O4/c1-17(2)15-35-22-20(14-27-31(22)8-7-24(3,4)29-23(33)30(5)6)21(32)28-25-10-18-9-19(11-25)13-26(34,12-18)16-25/h7-8,14,17-19,34H,9-13,15-16H2,1-6H3,(H,28,32)(H,29,33)/b8-7+. The normalized spacial score (nSPS) is 29.6. The van der Waals surface area contributed by atoms with Crippen LogP contribution in [0.15, 0.2) is 12.3 Å². The van der Waals surface area contributed by atoms with Crippen LogP contribution in [-0.4, -0.2) is 69.1 Å². The Balaban J connectivity index is 1.55. The second-order valence-corrected chi connectivity index (χ2v) is 12.3. The molecule has 3 amide bonds. The highest BCUT2D eigenvalue weighted by atomic mass is 16.5. The fourth-order valence-electron chi connectivity index (χ4n) is 6.36. The molecule has 0 spiro atoms. The van der Waals surface area contributed by atoms with E-state index in [0.717, 1.165) is 32.1 Å². The van der Waals surface area contributed by atoms with Crippen LogP contribution in [0, 0.1) is 17.8 Å². The molecule has 4 fully saturated rings. The first-order chi connectivity index (χ1) is 16.3. The van der Waals surface area contributed by atoms with Crippen molar-refractivity contribution in [3.63, 3.8) is 0 Å². The van der Waals surface area contributed by atoms with E-state index in [1.54, 1.807) is 25.0 Å². The van der Waals surface area contributed by atoms with Crippen molar-refractivity contribution in [1.82, 2.24) is 25.3 Å². The third kappa shape index (κ3) is 5.66. The van der Waals surface area contributed by atoms with Crippen molar-refractivity contribution in [2.24, 2.45) is 17.8 Å². The van der Waals surface area contributed by atoms with E-state index in [0.29, 0.717) is 36.3 Å². The van der Waals surface area contributed by atoms with E-state index >= 15 is 0 Å². The average Bonchev–Trinajstić information content (AvgIpc) is 3.11. The molecule has 9 nitrogen and oxygen atoms in total. The fourth-order valence-corrected chi connectivity index (χ4v) is 6.36. The maximum atomic E-state index is 13.5. The van der Waals surface area contributed by atoms with Gasteiger partial charge >= 0.3 is 6.03 Å². The lowest BCUT2D eigenvalue weighted by atomic mass is 9.51. The zero-order valence-corrected chi connectivity index (χ0v) is 21.9. The number of urea groups is 1. The first-order valence-electron chi connectivity index (χ1n) is 12.7. The number of ether oxygens (including phenoxy) is 1. The first-order valence-corrected chi connectivity index (χ1v) is 12.7. The molecule has 3 N–H and O–H groups in total. The van der Waals surface area contributed by atoms with Gasteiger partial charge in [0.15, 0.2) is 0 Å². The van der Waals surface area contributed by atoms with E-state index in [1.165, 1.54) is 11.1 Å². The Labute approximate surface area is 208 Å². The van der Waals surface area contributed by atoms with Crippen LogP contribution < -0.4 is 15.4 Å². The van der Waals surface area contributed by atoms with Crippen LogP contribution in [0.25, 0.3) is 6.20 Å². The van der Waals surface area contributed by atoms with E-state index in [9.17, 15) is 14.7 Å². The largest absolute Gasteiger partial charge is 0.477 e. The van der Waals surface area contributed by atoms with Gasteiger partial charge in [-0.25, -0.2) is 9.48 Å². The number of nitrogens with zero attached hydrogens (tertiary/aromatic N) is 3. The Morgan fingerprint density at radius 3 is 2.51 bits per heavy atom. The Bertz CT molecular complexity index is 982. The molecule has 2 unspecified atom stereocenters. The van der Waals surface area contributed by atoms with Crippen LogP contribution in [-0.2, 0) is 0 Å².